The molecule has 20 heavy (non-hydrogen) atoms. The molecule has 0 radical (unpaired) electrons. The van der Waals surface area contributed by atoms with E-state index >= 15 is 0 Å². The average Bonchev–Trinajstić information content (AvgIpc) is 2.31. The van der Waals surface area contributed by atoms with Crippen molar-refractivity contribution >= 4 is 37.8 Å². The Morgan fingerprint density at radius 3 is 2.10 bits per heavy atom. The van der Waals surface area contributed by atoms with Gasteiger partial charge in [-0.1, -0.05) is 45.7 Å². The molecule has 1 amide bonds. The van der Waals surface area contributed by atoms with Crippen molar-refractivity contribution in [2.75, 3.05) is 33.7 Å². The predicted molar refractivity (Wildman–Crippen MR) is 91.1 cm³/mol. The van der Waals surface area contributed by atoms with Crippen LogP contribution in [0.3, 0.4) is 0 Å². The molecule has 3 nitrogen and oxygen atoms in total. The molecule has 0 bridgehead atoms. The summed E-state index contributed by atoms with van der Waals surface area (Å²) >= 11 is 6.87. The van der Waals surface area contributed by atoms with Gasteiger partial charge in [-0.15, -0.1) is 0 Å². The fraction of sp³-hybridized carbons (Fsp3) is 0.533. The van der Waals surface area contributed by atoms with E-state index in [1.165, 1.54) is 0 Å². The van der Waals surface area contributed by atoms with Crippen molar-refractivity contribution in [1.29, 1.82) is 0 Å². The molecule has 1 aromatic carbocycles. The minimum absolute atomic E-state index is 0.0857. The molecule has 0 aromatic heterocycles. The van der Waals surface area contributed by atoms with Crippen LogP contribution in [0.2, 0.25) is 0 Å². The summed E-state index contributed by atoms with van der Waals surface area (Å²) in [5, 5.41) is 0. The molecule has 1 aromatic rings. The van der Waals surface area contributed by atoms with Gasteiger partial charge in [-0.2, -0.15) is 0 Å². The van der Waals surface area contributed by atoms with Crippen molar-refractivity contribution < 1.29 is 4.79 Å². The predicted octanol–water partition coefficient (Wildman–Crippen LogP) is 3.87. The molecule has 0 fully saturated rings. The van der Waals surface area contributed by atoms with Gasteiger partial charge in [-0.05, 0) is 38.2 Å². The lowest BCUT2D eigenvalue weighted by Gasteiger charge is -2.26. The number of amides is 1. The molecule has 0 atom stereocenters. The number of likely N-dealkylation sites (N-methyl/N-ethyl adjacent to an activating group) is 1. The highest BCUT2D eigenvalue weighted by atomic mass is 79.9. The van der Waals surface area contributed by atoms with E-state index in [4.69, 9.17) is 0 Å². The Kier molecular flexibility index (Phi) is 7.20. The summed E-state index contributed by atoms with van der Waals surface area (Å²) in [5.41, 5.74) is 0.714. The maximum absolute atomic E-state index is 12.7. The molecular weight excluding hydrogens is 384 g/mol. The Morgan fingerprint density at radius 2 is 1.65 bits per heavy atom. The summed E-state index contributed by atoms with van der Waals surface area (Å²) in [7, 11) is 4.04. The summed E-state index contributed by atoms with van der Waals surface area (Å²) in [6.45, 7) is 6.65. The standard InChI is InChI=1S/C15H22Br2N2O/c1-11(2)10-19(6-5-18(3)4)15(20)12-7-13(16)9-14(17)8-12/h7-9,11H,5-6,10H2,1-4H3. The minimum Gasteiger partial charge on any atom is -0.337 e. The van der Waals surface area contributed by atoms with Gasteiger partial charge in [0.05, 0.1) is 0 Å². The number of hydrogen-bond acceptors (Lipinski definition) is 2. The van der Waals surface area contributed by atoms with Crippen LogP contribution in [0.1, 0.15) is 24.2 Å². The fourth-order valence-corrected chi connectivity index (χ4v) is 3.19. The van der Waals surface area contributed by atoms with Crippen LogP contribution in [0.15, 0.2) is 27.1 Å². The Hall–Kier alpha value is -0.390. The topological polar surface area (TPSA) is 23.6 Å². The van der Waals surface area contributed by atoms with Gasteiger partial charge in [0, 0.05) is 34.1 Å². The van der Waals surface area contributed by atoms with Crippen molar-refractivity contribution in [3.05, 3.63) is 32.7 Å². The first kappa shape index (κ1) is 17.7. The van der Waals surface area contributed by atoms with E-state index < -0.39 is 0 Å². The van der Waals surface area contributed by atoms with Gasteiger partial charge >= 0.3 is 0 Å². The zero-order chi connectivity index (χ0) is 15.3. The zero-order valence-electron chi connectivity index (χ0n) is 12.5. The molecule has 0 unspecified atom stereocenters. The first-order chi connectivity index (χ1) is 9.29. The maximum Gasteiger partial charge on any atom is 0.253 e. The molecule has 0 N–H and O–H groups in total. The van der Waals surface area contributed by atoms with Crippen LogP contribution in [-0.4, -0.2) is 49.4 Å². The van der Waals surface area contributed by atoms with Crippen LogP contribution in [0.5, 0.6) is 0 Å². The largest absolute Gasteiger partial charge is 0.337 e. The summed E-state index contributed by atoms with van der Waals surface area (Å²) in [5.74, 6) is 0.541. The second-order valence-electron chi connectivity index (χ2n) is 5.61. The van der Waals surface area contributed by atoms with Crippen LogP contribution in [0.25, 0.3) is 0 Å². The second kappa shape index (κ2) is 8.15. The van der Waals surface area contributed by atoms with E-state index in [0.717, 1.165) is 28.6 Å². The molecule has 1 rings (SSSR count). The number of halogens is 2. The molecule has 0 heterocycles. The van der Waals surface area contributed by atoms with Gasteiger partial charge in [0.15, 0.2) is 0 Å². The zero-order valence-corrected chi connectivity index (χ0v) is 15.7. The molecule has 0 saturated heterocycles. The molecule has 0 aliphatic carbocycles. The number of nitrogens with zero attached hydrogens (tertiary/aromatic N) is 2. The first-order valence-corrected chi connectivity index (χ1v) is 8.28. The monoisotopic (exact) mass is 404 g/mol. The van der Waals surface area contributed by atoms with E-state index in [1.54, 1.807) is 0 Å². The van der Waals surface area contributed by atoms with Crippen LogP contribution in [0, 0.1) is 5.92 Å². The van der Waals surface area contributed by atoms with Crippen LogP contribution in [-0.2, 0) is 0 Å². The van der Waals surface area contributed by atoms with Gasteiger partial charge < -0.3 is 9.80 Å². The number of rotatable bonds is 6. The Morgan fingerprint density at radius 1 is 1.10 bits per heavy atom. The highest BCUT2D eigenvalue weighted by Gasteiger charge is 2.17. The van der Waals surface area contributed by atoms with Crippen molar-refractivity contribution in [3.8, 4) is 0 Å². The average molecular weight is 406 g/mol. The van der Waals surface area contributed by atoms with Gasteiger partial charge in [-0.3, -0.25) is 4.79 Å². The summed E-state index contributed by atoms with van der Waals surface area (Å²) < 4.78 is 1.82. The Labute approximate surface area is 138 Å². The third-order valence-electron chi connectivity index (χ3n) is 2.80. The van der Waals surface area contributed by atoms with E-state index in [2.05, 4.69) is 50.6 Å². The second-order valence-corrected chi connectivity index (χ2v) is 7.44. The number of carbonyl (C=O) groups is 1. The molecular formula is C15H22Br2N2O. The lowest BCUT2D eigenvalue weighted by molar-refractivity contribution is 0.0724. The number of benzene rings is 1. The maximum atomic E-state index is 12.7. The van der Waals surface area contributed by atoms with E-state index in [1.807, 2.05) is 37.2 Å². The van der Waals surface area contributed by atoms with Crippen molar-refractivity contribution in [2.24, 2.45) is 5.92 Å². The highest BCUT2D eigenvalue weighted by molar-refractivity contribution is 9.11. The van der Waals surface area contributed by atoms with Crippen LogP contribution in [0.4, 0.5) is 0 Å². The SMILES string of the molecule is CC(C)CN(CCN(C)C)C(=O)c1cc(Br)cc(Br)c1. The van der Waals surface area contributed by atoms with Gasteiger partial charge in [0.25, 0.3) is 5.91 Å². The summed E-state index contributed by atoms with van der Waals surface area (Å²) in [6.07, 6.45) is 0. The van der Waals surface area contributed by atoms with Crippen LogP contribution >= 0.6 is 31.9 Å². The van der Waals surface area contributed by atoms with Crippen molar-refractivity contribution in [1.82, 2.24) is 9.80 Å². The van der Waals surface area contributed by atoms with Gasteiger partial charge in [0.2, 0.25) is 0 Å². The molecule has 0 aliphatic heterocycles. The normalized spacial score (nSPS) is 11.2. The smallest absolute Gasteiger partial charge is 0.253 e. The third kappa shape index (κ3) is 5.94. The van der Waals surface area contributed by atoms with E-state index in [-0.39, 0.29) is 5.91 Å². The summed E-state index contributed by atoms with van der Waals surface area (Å²) in [6, 6.07) is 5.68. The molecule has 0 saturated carbocycles. The van der Waals surface area contributed by atoms with Gasteiger partial charge in [0.1, 0.15) is 0 Å². The quantitative estimate of drug-likeness (QED) is 0.717. The summed E-state index contributed by atoms with van der Waals surface area (Å²) in [4.78, 5) is 16.7. The first-order valence-electron chi connectivity index (χ1n) is 6.69. The van der Waals surface area contributed by atoms with Crippen LogP contribution < -0.4 is 0 Å². The lowest BCUT2D eigenvalue weighted by atomic mass is 10.1. The van der Waals surface area contributed by atoms with E-state index in [0.29, 0.717) is 11.5 Å². The van der Waals surface area contributed by atoms with E-state index in [9.17, 15) is 4.79 Å². The molecule has 0 aliphatic rings. The lowest BCUT2D eigenvalue weighted by Crippen LogP contribution is -2.39. The highest BCUT2D eigenvalue weighted by Crippen LogP contribution is 2.21. The number of carbonyl (C=O) groups excluding carboxylic acids is 1. The Bertz CT molecular complexity index is 441. The third-order valence-corrected chi connectivity index (χ3v) is 3.72. The van der Waals surface area contributed by atoms with Crippen molar-refractivity contribution in [3.63, 3.8) is 0 Å². The molecule has 0 spiro atoms. The molecule has 5 heteroatoms. The molecule has 112 valence electrons. The fourth-order valence-electron chi connectivity index (χ4n) is 1.90. The van der Waals surface area contributed by atoms with Crippen molar-refractivity contribution in [2.45, 2.75) is 13.8 Å². The number of hydrogen-bond donors (Lipinski definition) is 0. The Balaban J connectivity index is 2.90. The minimum atomic E-state index is 0.0857. The van der Waals surface area contributed by atoms with Gasteiger partial charge in [-0.25, -0.2) is 0 Å².